The Labute approximate surface area is 762 Å². The predicted octanol–water partition coefficient (Wildman–Crippen LogP) is 15.2. The molecule has 12 aromatic rings. The number of halogens is 16. The molecule has 0 spiro atoms. The van der Waals surface area contributed by atoms with Crippen LogP contribution in [0, 0.1) is 34.9 Å². The Balaban J connectivity index is 0.000000185. The van der Waals surface area contributed by atoms with E-state index in [0.717, 1.165) is 67.1 Å². The molecule has 15 rings (SSSR count). The first kappa shape index (κ1) is 102. The maximum Gasteiger partial charge on any atom is 0.405 e. The molecule has 0 aliphatic carbocycles. The second kappa shape index (κ2) is 45.0. The van der Waals surface area contributed by atoms with E-state index in [1.165, 1.54) is 117 Å². The summed E-state index contributed by atoms with van der Waals surface area (Å²) in [6, 6.07) is 36.0. The summed E-state index contributed by atoms with van der Waals surface area (Å²) in [4.78, 5) is 116. The topological polar surface area (TPSA) is 400 Å². The van der Waals surface area contributed by atoms with Gasteiger partial charge in [-0.2, -0.15) is 39.5 Å². The molecule has 0 unspecified atom stereocenters. The number of carboxylic acids is 1. The number of carboxylic acid groups (broad SMARTS) is 1. The number of amides is 6. The van der Waals surface area contributed by atoms with Crippen LogP contribution in [0.3, 0.4) is 0 Å². The van der Waals surface area contributed by atoms with Crippen molar-refractivity contribution in [3.8, 4) is 56.8 Å². The van der Waals surface area contributed by atoms with Crippen molar-refractivity contribution in [1.29, 1.82) is 0 Å². The first-order valence-electron chi connectivity index (χ1n) is 39.7. The number of ether oxygens (including phenoxy) is 4. The van der Waals surface area contributed by atoms with Crippen molar-refractivity contribution in [1.82, 2.24) is 66.0 Å². The number of methoxy groups -OCH3 is 4. The largest absolute Gasteiger partial charge is 0.497 e. The molecule has 0 saturated heterocycles. The number of hydrogen-bond acceptors (Lipinski definition) is 21. The Kier molecular flexibility index (Phi) is 33.9. The molecule has 3 aliphatic rings. The Morgan fingerprint density at radius 1 is 0.437 bits per heavy atom. The minimum absolute atomic E-state index is 0.00378. The molecule has 3 aliphatic heterocycles. The third-order valence-corrected chi connectivity index (χ3v) is 19.7. The van der Waals surface area contributed by atoms with Gasteiger partial charge in [0.25, 0.3) is 35.4 Å². The zero-order valence-electron chi connectivity index (χ0n) is 71.3. The number of hydrogen-bond donors (Lipinski definition) is 8. The number of aromatic carboxylic acids is 1. The molecule has 0 fully saturated rings. The number of carbonyl (C=O) groups excluding carboxylic acids is 6. The van der Waals surface area contributed by atoms with Crippen LogP contribution in [0.1, 0.15) is 130 Å². The van der Waals surface area contributed by atoms with Gasteiger partial charge in [-0.1, -0.05) is 36.7 Å². The monoisotopic (exact) mass is 1910 g/mol. The van der Waals surface area contributed by atoms with Crippen LogP contribution in [0.15, 0.2) is 183 Å². The van der Waals surface area contributed by atoms with Crippen molar-refractivity contribution in [2.24, 2.45) is 5.73 Å². The van der Waals surface area contributed by atoms with Crippen LogP contribution < -0.4 is 57.4 Å². The highest BCUT2D eigenvalue weighted by Gasteiger charge is 2.38. The van der Waals surface area contributed by atoms with Gasteiger partial charge in [-0.25, -0.2) is 56.1 Å². The third kappa shape index (κ3) is 27.1. The van der Waals surface area contributed by atoms with Gasteiger partial charge in [0.2, 0.25) is 0 Å². The van der Waals surface area contributed by atoms with Gasteiger partial charge >= 0.3 is 24.5 Å². The fourth-order valence-electron chi connectivity index (χ4n) is 13.2. The molecule has 28 nitrogen and oxygen atoms in total. The first-order chi connectivity index (χ1) is 64.0. The lowest BCUT2D eigenvalue weighted by atomic mass is 9.98. The standard InChI is InChI=1S/C31H25F5N4O4.C22H17ClF2N2O3.C22H15F5N4O2.C8H8F3N3O.C6H6N2O2.C2H7N/c1-43-21-9-7-18(26(12-21)44-2)14-40-15-25-27(30(40)42)19(11-24(39-25)28-22(32)4-3-5-23(28)33)10-20-8-6-17(13-37-20)29(41)38-16-31(34,35)36;1-29-13-7-6-12(19(8-13)30-2)10-27-11-18-20(22(27)28)14(23)9-17(26-18)21-15(24)4-3-5-16(21)25;23-14-2-1-3-15(24)19(14)16-7-12(18-17(31-16)9-29-21(18)33)6-13-5-4-11(8-28-13)20(32)30-10-22(25,26)27;9-8(10,11)4-14-7(15)5-1-2-6(12)13-3-5;7-5-2-1-4(3-8-5)6(9)10;1-2-3/h3-9,11-13H,10,14-16H2,1-2H3,(H,38,41);3-9H,10-11H2,1-2H3;1-5,7-8H,6,9-10H2,(H,29,33)(H,30,32);1-3H,4H2,(H2,12,13)(H,14,15);1-3H,(H2,7,8)(H,9,10);2-3H2,1H3. The summed E-state index contributed by atoms with van der Waals surface area (Å²) in [5.41, 5.74) is 19.2. The maximum absolute atomic E-state index is 14.8. The molecule has 135 heavy (non-hydrogen) atoms. The molecule has 11 N–H and O–H groups in total. The molecule has 7 aromatic heterocycles. The van der Waals surface area contributed by atoms with Crippen molar-refractivity contribution in [3.63, 3.8) is 0 Å². The number of anilines is 2. The fraction of sp³-hybridized carbons (Fsp3) is 0.209. The SMILES string of the molecule is CCN.COc1ccc(CN2Cc3nc(-c4c(F)cccc4F)cc(Cc4ccc(C(=O)NCC(F)(F)F)cn4)c3C2=O)c(OC)c1.COc1ccc(CN2Cc3nc(-c4c(F)cccc4F)cc(Cl)c3C2=O)c(OC)c1.Nc1ccc(C(=O)NCC(F)(F)F)cn1.Nc1ccc(C(=O)O)cn1.O=C(NCC(F)(F)F)c1ccc(Cc2cc(-c3c(F)cccc3F)nc3c2C(=O)NC3)nc1. The Morgan fingerprint density at radius 3 is 1.12 bits per heavy atom. The molecule has 5 aromatic carbocycles. The van der Waals surface area contributed by atoms with Gasteiger partial charge in [0.1, 0.15) is 89.2 Å². The minimum atomic E-state index is -4.57. The number of aromatic nitrogens is 7. The number of carbonyl (C=O) groups is 7. The van der Waals surface area contributed by atoms with E-state index in [1.807, 2.05) is 13.0 Å². The molecule has 6 amide bonds. The molecule has 10 heterocycles. The van der Waals surface area contributed by atoms with Gasteiger partial charge in [-0.05, 0) is 145 Å². The average molecular weight is 1910 g/mol. The molecular weight excluding hydrogens is 1830 g/mol. The highest BCUT2D eigenvalue weighted by atomic mass is 35.5. The number of nitrogens with zero attached hydrogens (tertiary/aromatic N) is 9. The zero-order chi connectivity index (χ0) is 98.5. The van der Waals surface area contributed by atoms with Gasteiger partial charge in [0, 0.05) is 72.3 Å². The van der Waals surface area contributed by atoms with E-state index in [4.69, 9.17) is 52.9 Å². The zero-order valence-corrected chi connectivity index (χ0v) is 72.1. The Bertz CT molecular complexity index is 6290. The summed E-state index contributed by atoms with van der Waals surface area (Å²) in [5.74, 6) is -6.77. The number of nitrogen functional groups attached to an aromatic ring is 2. The summed E-state index contributed by atoms with van der Waals surface area (Å²) in [6.07, 6.45) is -8.91. The number of benzene rings is 5. The van der Waals surface area contributed by atoms with E-state index in [0.29, 0.717) is 74.0 Å². The summed E-state index contributed by atoms with van der Waals surface area (Å²) in [7, 11) is 6.10. The highest BCUT2D eigenvalue weighted by Crippen LogP contribution is 2.39. The fourth-order valence-corrected chi connectivity index (χ4v) is 13.5. The van der Waals surface area contributed by atoms with Gasteiger partial charge in [-0.15, -0.1) is 0 Å². The number of pyridine rings is 7. The molecule has 44 heteroatoms. The molecule has 0 atom stereocenters. The molecule has 0 bridgehead atoms. The number of rotatable bonds is 22. The van der Waals surface area contributed by atoms with E-state index in [1.54, 1.807) is 58.3 Å². The minimum Gasteiger partial charge on any atom is -0.497 e. The van der Waals surface area contributed by atoms with Crippen LogP contribution in [0.4, 0.5) is 77.5 Å². The Hall–Kier alpha value is -15.6. The second-order valence-electron chi connectivity index (χ2n) is 28.9. The maximum atomic E-state index is 14.8. The predicted molar refractivity (Wildman–Crippen MR) is 459 cm³/mol. The summed E-state index contributed by atoms with van der Waals surface area (Å²) in [5, 5.41) is 16.3. The quantitative estimate of drug-likeness (QED) is 0.0292. The first-order valence-corrected chi connectivity index (χ1v) is 40.1. The van der Waals surface area contributed by atoms with Crippen molar-refractivity contribution in [2.45, 2.75) is 71.0 Å². The third-order valence-electron chi connectivity index (χ3n) is 19.4. The van der Waals surface area contributed by atoms with Gasteiger partial charge in [0.05, 0.1) is 156 Å². The Morgan fingerprint density at radius 2 is 0.778 bits per heavy atom. The number of alkyl halides is 9. The van der Waals surface area contributed by atoms with Crippen LogP contribution in [-0.2, 0) is 45.6 Å². The van der Waals surface area contributed by atoms with Crippen molar-refractivity contribution in [3.05, 3.63) is 312 Å². The lowest BCUT2D eigenvalue weighted by Gasteiger charge is -2.18. The van der Waals surface area contributed by atoms with E-state index in [-0.39, 0.29) is 141 Å². The molecule has 0 radical (unpaired) electrons. The molecular formula is C91H78ClF15N16O12. The van der Waals surface area contributed by atoms with Crippen LogP contribution in [0.5, 0.6) is 23.0 Å². The normalized spacial score (nSPS) is 12.2. The lowest BCUT2D eigenvalue weighted by molar-refractivity contribution is -0.123. The molecule has 0 saturated carbocycles. The van der Waals surface area contributed by atoms with E-state index in [9.17, 15) is 99.4 Å². The van der Waals surface area contributed by atoms with Crippen LogP contribution in [0.25, 0.3) is 33.8 Å². The van der Waals surface area contributed by atoms with E-state index in [2.05, 4.69) is 40.2 Å². The average Bonchev–Trinajstić information content (AvgIpc) is 1.58. The van der Waals surface area contributed by atoms with Crippen LogP contribution >= 0.6 is 11.6 Å². The summed E-state index contributed by atoms with van der Waals surface area (Å²) >= 11 is 6.32. The van der Waals surface area contributed by atoms with Crippen LogP contribution in [0.2, 0.25) is 5.02 Å². The second-order valence-corrected chi connectivity index (χ2v) is 29.3. The van der Waals surface area contributed by atoms with Crippen molar-refractivity contribution in [2.75, 3.05) is 66.1 Å². The van der Waals surface area contributed by atoms with E-state index >= 15 is 0 Å². The smallest absolute Gasteiger partial charge is 0.405 e. The van der Waals surface area contributed by atoms with Gasteiger partial charge in [-0.3, -0.25) is 38.7 Å². The number of fused-ring (bicyclic) bond motifs is 3. The lowest BCUT2D eigenvalue weighted by Crippen LogP contribution is -2.33. The van der Waals surface area contributed by atoms with Crippen molar-refractivity contribution >= 4 is 64.6 Å². The van der Waals surface area contributed by atoms with Crippen LogP contribution in [-0.4, -0.2) is 164 Å². The summed E-state index contributed by atoms with van der Waals surface area (Å²) < 4.78 is 217. The number of nitrogens with one attached hydrogen (secondary N) is 4. The van der Waals surface area contributed by atoms with Gasteiger partial charge in [0.15, 0.2) is 0 Å². The summed E-state index contributed by atoms with van der Waals surface area (Å²) in [6.45, 7) is -0.979. The van der Waals surface area contributed by atoms with E-state index < -0.39 is 103 Å². The van der Waals surface area contributed by atoms with Gasteiger partial charge < -0.3 is 72.3 Å². The van der Waals surface area contributed by atoms with Crippen molar-refractivity contribution < 1.29 is 123 Å². The highest BCUT2D eigenvalue weighted by molar-refractivity contribution is 6.34. The number of nitrogens with two attached hydrogens (primary N) is 3. The molecule has 706 valence electrons.